The number of aryl methyl sites for hydroxylation is 2. The van der Waals surface area contributed by atoms with Crippen LogP contribution in [0, 0.1) is 19.7 Å². The van der Waals surface area contributed by atoms with Crippen LogP contribution in [0.4, 0.5) is 15.8 Å². The Kier molecular flexibility index (Phi) is 10.4. The van der Waals surface area contributed by atoms with Gasteiger partial charge in [0.25, 0.3) is 11.8 Å². The van der Waals surface area contributed by atoms with Crippen molar-refractivity contribution in [2.75, 3.05) is 10.6 Å². The number of halogens is 1. The zero-order valence-electron chi connectivity index (χ0n) is 25.3. The molecule has 0 heterocycles. The Bertz CT molecular complexity index is 1890. The summed E-state index contributed by atoms with van der Waals surface area (Å²) in [5.74, 6) is -1.87. The maximum atomic E-state index is 14.5. The zero-order chi connectivity index (χ0) is 32.5. The van der Waals surface area contributed by atoms with Gasteiger partial charge in [-0.2, -0.15) is 0 Å². The molecule has 46 heavy (non-hydrogen) atoms. The smallest absolute Gasteiger partial charge is 0.272 e. The van der Waals surface area contributed by atoms with Crippen LogP contribution in [-0.2, 0) is 9.59 Å². The predicted molar refractivity (Wildman–Crippen MR) is 183 cm³/mol. The Morgan fingerprint density at radius 1 is 0.739 bits per heavy atom. The van der Waals surface area contributed by atoms with Gasteiger partial charge in [0.05, 0.1) is 0 Å². The first kappa shape index (κ1) is 31.9. The second-order valence-electron chi connectivity index (χ2n) is 10.6. The van der Waals surface area contributed by atoms with Crippen LogP contribution in [0.15, 0.2) is 138 Å². The van der Waals surface area contributed by atoms with Gasteiger partial charge in [0.1, 0.15) is 16.8 Å². The molecule has 0 spiro atoms. The largest absolute Gasteiger partial charge is 0.325 e. The number of carbonyl (C=O) groups is 3. The first-order valence-corrected chi connectivity index (χ1v) is 15.5. The van der Waals surface area contributed by atoms with Gasteiger partial charge in [-0.1, -0.05) is 84.9 Å². The molecule has 0 radical (unpaired) electrons. The minimum Gasteiger partial charge on any atom is -0.325 e. The molecule has 0 bridgehead atoms. The lowest BCUT2D eigenvalue weighted by molar-refractivity contribution is -0.116. The van der Waals surface area contributed by atoms with E-state index in [1.807, 2.05) is 68.4 Å². The standard InChI is InChI=1S/C38H32FN3O3S/c1-25-20-21-26(2)33(22-25)41-38(45)35(27-12-5-3-6-13-27)46-31-18-11-17-30(24-31)40-37(44)34(23-29-16-9-10-19-32(29)39)42-36(43)28-14-7-4-8-15-28/h3-24,35H,1-2H3,(H,40,44)(H,41,45)(H,42,43)/b34-23-. The van der Waals surface area contributed by atoms with E-state index < -0.39 is 22.9 Å². The lowest BCUT2D eigenvalue weighted by atomic mass is 10.1. The fourth-order valence-electron chi connectivity index (χ4n) is 4.64. The Balaban J connectivity index is 1.39. The number of anilines is 2. The van der Waals surface area contributed by atoms with E-state index in [9.17, 15) is 18.8 Å². The second kappa shape index (κ2) is 15.0. The molecule has 8 heteroatoms. The minimum atomic E-state index is -0.637. The fraction of sp³-hybridized carbons (Fsp3) is 0.0789. The van der Waals surface area contributed by atoms with Crippen molar-refractivity contribution in [2.24, 2.45) is 0 Å². The molecule has 0 aliphatic carbocycles. The molecule has 0 saturated carbocycles. The van der Waals surface area contributed by atoms with Crippen LogP contribution in [0.3, 0.4) is 0 Å². The molecule has 0 fully saturated rings. The van der Waals surface area contributed by atoms with Crippen LogP contribution < -0.4 is 16.0 Å². The van der Waals surface area contributed by atoms with Crippen LogP contribution in [0.1, 0.15) is 37.9 Å². The van der Waals surface area contributed by atoms with E-state index in [1.54, 1.807) is 60.7 Å². The molecular weight excluding hydrogens is 598 g/mol. The number of benzene rings is 5. The van der Waals surface area contributed by atoms with Crippen molar-refractivity contribution in [3.05, 3.63) is 167 Å². The van der Waals surface area contributed by atoms with Gasteiger partial charge in [-0.05, 0) is 79.1 Å². The number of amides is 3. The van der Waals surface area contributed by atoms with Gasteiger partial charge in [-0.3, -0.25) is 14.4 Å². The Labute approximate surface area is 271 Å². The van der Waals surface area contributed by atoms with E-state index in [1.165, 1.54) is 30.0 Å². The van der Waals surface area contributed by atoms with Crippen molar-refractivity contribution in [2.45, 2.75) is 24.0 Å². The summed E-state index contributed by atoms with van der Waals surface area (Å²) in [5.41, 5.74) is 4.36. The molecule has 230 valence electrons. The van der Waals surface area contributed by atoms with E-state index in [2.05, 4.69) is 16.0 Å². The highest BCUT2D eigenvalue weighted by atomic mass is 32.2. The Morgan fingerprint density at radius 2 is 1.43 bits per heavy atom. The number of thioether (sulfide) groups is 1. The van der Waals surface area contributed by atoms with E-state index in [0.29, 0.717) is 11.3 Å². The van der Waals surface area contributed by atoms with Crippen molar-refractivity contribution in [3.63, 3.8) is 0 Å². The quantitative estimate of drug-likeness (QED) is 0.107. The van der Waals surface area contributed by atoms with Crippen LogP contribution >= 0.6 is 11.8 Å². The molecule has 0 aliphatic rings. The molecule has 5 rings (SSSR count). The van der Waals surface area contributed by atoms with E-state index in [-0.39, 0.29) is 17.2 Å². The lowest BCUT2D eigenvalue weighted by Gasteiger charge is -2.19. The van der Waals surface area contributed by atoms with Gasteiger partial charge >= 0.3 is 0 Å². The highest BCUT2D eigenvalue weighted by Gasteiger charge is 2.23. The summed E-state index contributed by atoms with van der Waals surface area (Å²) < 4.78 is 14.5. The molecule has 3 N–H and O–H groups in total. The molecule has 0 aliphatic heterocycles. The molecule has 0 aromatic heterocycles. The third-order valence-electron chi connectivity index (χ3n) is 7.07. The average molecular weight is 630 g/mol. The number of rotatable bonds is 10. The maximum absolute atomic E-state index is 14.5. The molecule has 5 aromatic carbocycles. The molecule has 3 amide bonds. The van der Waals surface area contributed by atoms with E-state index >= 15 is 0 Å². The van der Waals surface area contributed by atoms with Gasteiger partial charge in [0.15, 0.2) is 0 Å². The molecule has 1 unspecified atom stereocenters. The highest BCUT2D eigenvalue weighted by molar-refractivity contribution is 8.00. The lowest BCUT2D eigenvalue weighted by Crippen LogP contribution is -2.30. The normalized spacial score (nSPS) is 11.8. The molecule has 0 saturated heterocycles. The topological polar surface area (TPSA) is 87.3 Å². The van der Waals surface area contributed by atoms with Crippen LogP contribution in [0.5, 0.6) is 0 Å². The van der Waals surface area contributed by atoms with Crippen molar-refractivity contribution in [1.82, 2.24) is 5.32 Å². The van der Waals surface area contributed by atoms with Gasteiger partial charge in [-0.25, -0.2) is 4.39 Å². The van der Waals surface area contributed by atoms with Gasteiger partial charge < -0.3 is 16.0 Å². The third kappa shape index (κ3) is 8.37. The number of carbonyl (C=O) groups excluding carboxylic acids is 3. The molecular formula is C38H32FN3O3S. The summed E-state index contributed by atoms with van der Waals surface area (Å²) in [6, 6.07) is 36.9. The summed E-state index contributed by atoms with van der Waals surface area (Å²) in [6.45, 7) is 3.92. The fourth-order valence-corrected chi connectivity index (χ4v) is 5.72. The summed E-state index contributed by atoms with van der Waals surface area (Å²) >= 11 is 1.34. The maximum Gasteiger partial charge on any atom is 0.272 e. The number of hydrogen-bond donors (Lipinski definition) is 3. The first-order chi connectivity index (χ1) is 22.3. The molecule has 5 aromatic rings. The predicted octanol–water partition coefficient (Wildman–Crippen LogP) is 8.32. The zero-order valence-corrected chi connectivity index (χ0v) is 26.1. The first-order valence-electron chi connectivity index (χ1n) is 14.6. The third-order valence-corrected chi connectivity index (χ3v) is 8.32. The Morgan fingerprint density at radius 3 is 2.17 bits per heavy atom. The monoisotopic (exact) mass is 629 g/mol. The van der Waals surface area contributed by atoms with E-state index in [4.69, 9.17) is 0 Å². The second-order valence-corrected chi connectivity index (χ2v) is 11.8. The van der Waals surface area contributed by atoms with E-state index in [0.717, 1.165) is 27.3 Å². The Hall–Kier alpha value is -5.47. The molecule has 1 atom stereocenters. The average Bonchev–Trinajstić information content (AvgIpc) is 3.07. The highest BCUT2D eigenvalue weighted by Crippen LogP contribution is 2.37. The van der Waals surface area contributed by atoms with Crippen molar-refractivity contribution in [1.29, 1.82) is 0 Å². The summed E-state index contributed by atoms with van der Waals surface area (Å²) in [7, 11) is 0. The van der Waals surface area contributed by atoms with Gasteiger partial charge in [-0.15, -0.1) is 11.8 Å². The summed E-state index contributed by atoms with van der Waals surface area (Å²) in [6.07, 6.45) is 1.30. The number of hydrogen-bond acceptors (Lipinski definition) is 4. The SMILES string of the molecule is Cc1ccc(C)c(NC(=O)C(Sc2cccc(NC(=O)/C(=C/c3ccccc3F)NC(=O)c3ccccc3)c2)c2ccccc2)c1. The van der Waals surface area contributed by atoms with Crippen LogP contribution in [0.25, 0.3) is 6.08 Å². The van der Waals surface area contributed by atoms with Crippen LogP contribution in [-0.4, -0.2) is 17.7 Å². The number of nitrogens with one attached hydrogen (secondary N) is 3. The molecule has 6 nitrogen and oxygen atoms in total. The van der Waals surface area contributed by atoms with Crippen molar-refractivity contribution in [3.8, 4) is 0 Å². The summed E-state index contributed by atoms with van der Waals surface area (Å²) in [5, 5.41) is 7.94. The van der Waals surface area contributed by atoms with Crippen molar-refractivity contribution < 1.29 is 18.8 Å². The van der Waals surface area contributed by atoms with Gasteiger partial charge in [0, 0.05) is 27.4 Å². The van der Waals surface area contributed by atoms with Crippen LogP contribution in [0.2, 0.25) is 0 Å². The minimum absolute atomic E-state index is 0.132. The summed E-state index contributed by atoms with van der Waals surface area (Å²) in [4.78, 5) is 40.9. The van der Waals surface area contributed by atoms with Gasteiger partial charge in [0.2, 0.25) is 5.91 Å². The van der Waals surface area contributed by atoms with Crippen molar-refractivity contribution >= 4 is 46.9 Å².